The van der Waals surface area contributed by atoms with Crippen LogP contribution in [0.15, 0.2) is 66.7 Å². The lowest BCUT2D eigenvalue weighted by Gasteiger charge is -2.22. The van der Waals surface area contributed by atoms with Crippen molar-refractivity contribution in [3.63, 3.8) is 0 Å². The highest BCUT2D eigenvalue weighted by Gasteiger charge is 2.26. The molecule has 0 aliphatic heterocycles. The molecule has 0 spiro atoms. The first-order valence-electron chi connectivity index (χ1n) is 10.8. The summed E-state index contributed by atoms with van der Waals surface area (Å²) in [6, 6.07) is 18.6. The molecule has 0 saturated carbocycles. The summed E-state index contributed by atoms with van der Waals surface area (Å²) in [5, 5.41) is 30.0. The normalized spacial score (nSPS) is 10.8. The third-order valence-corrected chi connectivity index (χ3v) is 5.10. The first kappa shape index (κ1) is 27.3. The molecule has 7 nitrogen and oxygen atoms in total. The molecule has 0 heterocycles. The highest BCUT2D eigenvalue weighted by Crippen LogP contribution is 2.33. The third-order valence-electron chi connectivity index (χ3n) is 5.10. The number of amidine groups is 1. The average Bonchev–Trinajstić information content (AvgIpc) is 2.85. The summed E-state index contributed by atoms with van der Waals surface area (Å²) < 4.78 is 5.82. The molecular weight excluding hydrogens is 466 g/mol. The number of aliphatic carboxylic acids is 1. The van der Waals surface area contributed by atoms with Crippen molar-refractivity contribution in [2.24, 2.45) is 5.73 Å². The van der Waals surface area contributed by atoms with Gasteiger partial charge < -0.3 is 26.0 Å². The number of nitrogen functional groups attached to an aromatic ring is 1. The van der Waals surface area contributed by atoms with Crippen molar-refractivity contribution in [1.29, 1.82) is 5.41 Å². The van der Waals surface area contributed by atoms with Crippen LogP contribution in [0.4, 0.5) is 5.69 Å². The van der Waals surface area contributed by atoms with Crippen LogP contribution in [-0.4, -0.2) is 35.2 Å². The predicted octanol–water partition coefficient (Wildman–Crippen LogP) is 3.96. The maximum absolute atomic E-state index is 12.3. The van der Waals surface area contributed by atoms with Gasteiger partial charge in [-0.1, -0.05) is 37.0 Å². The van der Waals surface area contributed by atoms with E-state index in [1.165, 1.54) is 0 Å². The van der Waals surface area contributed by atoms with Crippen molar-refractivity contribution < 1.29 is 19.7 Å². The lowest BCUT2D eigenvalue weighted by atomic mass is 9.96. The molecule has 0 aliphatic carbocycles. The second-order valence-corrected chi connectivity index (χ2v) is 7.51. The Balaban J connectivity index is 0.00000432. The zero-order valence-electron chi connectivity index (χ0n) is 19.2. The van der Waals surface area contributed by atoms with Crippen LogP contribution in [0.1, 0.15) is 40.8 Å². The minimum absolute atomic E-state index is 0. The maximum Gasteiger partial charge on any atom is 0.330 e. The molecule has 1 atom stereocenters. The standard InChI is InChI=1S/C27H27N3O4.ClH/c1-2-18-16-21(9-8-19-6-4-3-5-7-19)25(34-15-14-31)23(17-18)24(27(32)33)30-22-12-10-20(11-13-22)26(28)29;/h3-7,10-13,16-17,24,30-31H,2,14-15H2,1H3,(H3,28,29)(H,32,33);1H. The molecule has 3 aromatic rings. The van der Waals surface area contributed by atoms with Gasteiger partial charge in [0.1, 0.15) is 18.2 Å². The average molecular weight is 494 g/mol. The number of carbonyl (C=O) groups is 1. The minimum atomic E-state index is -1.14. The van der Waals surface area contributed by atoms with E-state index in [1.807, 2.05) is 43.3 Å². The van der Waals surface area contributed by atoms with Gasteiger partial charge in [-0.25, -0.2) is 4.79 Å². The van der Waals surface area contributed by atoms with Crippen LogP contribution in [0.5, 0.6) is 5.75 Å². The van der Waals surface area contributed by atoms with Gasteiger partial charge in [-0.3, -0.25) is 5.41 Å². The van der Waals surface area contributed by atoms with Gasteiger partial charge in [0.25, 0.3) is 0 Å². The fourth-order valence-electron chi connectivity index (χ4n) is 3.38. The summed E-state index contributed by atoms with van der Waals surface area (Å²) >= 11 is 0. The van der Waals surface area contributed by atoms with Crippen LogP contribution in [0.2, 0.25) is 0 Å². The molecule has 0 amide bonds. The number of benzene rings is 3. The number of carboxylic acid groups (broad SMARTS) is 1. The Morgan fingerprint density at radius 2 is 1.80 bits per heavy atom. The lowest BCUT2D eigenvalue weighted by Crippen LogP contribution is -2.22. The topological polar surface area (TPSA) is 129 Å². The Bertz CT molecular complexity index is 1220. The molecule has 0 fully saturated rings. The van der Waals surface area contributed by atoms with E-state index >= 15 is 0 Å². The number of halogens is 1. The monoisotopic (exact) mass is 493 g/mol. The van der Waals surface area contributed by atoms with Crippen LogP contribution in [0.3, 0.4) is 0 Å². The molecule has 1 unspecified atom stereocenters. The molecular formula is C27H28ClN3O4. The Morgan fingerprint density at radius 1 is 1.11 bits per heavy atom. The van der Waals surface area contributed by atoms with Gasteiger partial charge in [0.15, 0.2) is 6.04 Å². The van der Waals surface area contributed by atoms with E-state index in [9.17, 15) is 15.0 Å². The molecule has 35 heavy (non-hydrogen) atoms. The molecule has 0 bridgehead atoms. The number of carboxylic acids is 1. The maximum atomic E-state index is 12.3. The fraction of sp³-hybridized carbons (Fsp3) is 0.185. The molecule has 8 heteroatoms. The van der Waals surface area contributed by atoms with Gasteiger partial charge in [-0.2, -0.15) is 0 Å². The second kappa shape index (κ2) is 13.0. The van der Waals surface area contributed by atoms with E-state index in [2.05, 4.69) is 17.2 Å². The second-order valence-electron chi connectivity index (χ2n) is 7.51. The first-order chi connectivity index (χ1) is 16.4. The van der Waals surface area contributed by atoms with Crippen LogP contribution >= 0.6 is 12.4 Å². The highest BCUT2D eigenvalue weighted by molar-refractivity contribution is 5.95. The smallest absolute Gasteiger partial charge is 0.330 e. The molecule has 182 valence electrons. The Morgan fingerprint density at radius 3 is 2.37 bits per heavy atom. The van der Waals surface area contributed by atoms with Gasteiger partial charge >= 0.3 is 5.97 Å². The number of nitrogens with two attached hydrogens (primary N) is 1. The summed E-state index contributed by atoms with van der Waals surface area (Å²) in [7, 11) is 0. The number of aliphatic hydroxyl groups is 1. The number of anilines is 1. The van der Waals surface area contributed by atoms with Crippen LogP contribution < -0.4 is 15.8 Å². The molecule has 6 N–H and O–H groups in total. The summed E-state index contributed by atoms with van der Waals surface area (Å²) in [6.07, 6.45) is 0.674. The number of aliphatic hydroxyl groups excluding tert-OH is 1. The Hall–Kier alpha value is -3.99. The largest absolute Gasteiger partial charge is 0.489 e. The summed E-state index contributed by atoms with van der Waals surface area (Å²) in [6.45, 7) is 1.75. The van der Waals surface area contributed by atoms with Crippen molar-refractivity contribution >= 4 is 29.9 Å². The van der Waals surface area contributed by atoms with Crippen molar-refractivity contribution in [3.8, 4) is 17.6 Å². The molecule has 0 aliphatic rings. The third kappa shape index (κ3) is 7.24. The van der Waals surface area contributed by atoms with Crippen LogP contribution in [0.25, 0.3) is 0 Å². The van der Waals surface area contributed by atoms with Gasteiger partial charge in [0, 0.05) is 22.4 Å². The van der Waals surface area contributed by atoms with Crippen molar-refractivity contribution in [1.82, 2.24) is 0 Å². The number of nitrogens with one attached hydrogen (secondary N) is 2. The summed E-state index contributed by atoms with van der Waals surface area (Å²) in [5.74, 6) is 5.36. The number of ether oxygens (including phenoxy) is 1. The van der Waals surface area contributed by atoms with Gasteiger partial charge in [-0.05, 0) is 60.5 Å². The number of hydrogen-bond acceptors (Lipinski definition) is 5. The van der Waals surface area contributed by atoms with Gasteiger partial charge in [0.05, 0.1) is 12.2 Å². The number of aryl methyl sites for hydroxylation is 1. The van der Waals surface area contributed by atoms with Crippen LogP contribution in [-0.2, 0) is 11.2 Å². The quantitative estimate of drug-likeness (QED) is 0.174. The first-order valence-corrected chi connectivity index (χ1v) is 10.8. The summed E-state index contributed by atoms with van der Waals surface area (Å²) in [5.41, 5.74) is 9.27. The van der Waals surface area contributed by atoms with Gasteiger partial charge in [-0.15, -0.1) is 12.4 Å². The van der Waals surface area contributed by atoms with E-state index in [1.54, 1.807) is 30.3 Å². The van der Waals surface area contributed by atoms with Gasteiger partial charge in [0.2, 0.25) is 0 Å². The zero-order valence-corrected chi connectivity index (χ0v) is 20.1. The zero-order chi connectivity index (χ0) is 24.5. The van der Waals surface area contributed by atoms with Crippen LogP contribution in [0, 0.1) is 17.3 Å². The number of rotatable bonds is 9. The van der Waals surface area contributed by atoms with E-state index in [4.69, 9.17) is 15.9 Å². The molecule has 0 radical (unpaired) electrons. The highest BCUT2D eigenvalue weighted by atomic mass is 35.5. The fourth-order valence-corrected chi connectivity index (χ4v) is 3.38. The Kier molecular flexibility index (Phi) is 10.2. The molecule has 0 saturated heterocycles. The molecule has 3 aromatic carbocycles. The van der Waals surface area contributed by atoms with Crippen molar-refractivity contribution in [3.05, 3.63) is 94.5 Å². The van der Waals surface area contributed by atoms with E-state index < -0.39 is 12.0 Å². The Labute approximate surface area is 210 Å². The minimum Gasteiger partial charge on any atom is -0.489 e. The molecule has 3 rings (SSSR count). The van der Waals surface area contributed by atoms with E-state index in [0.29, 0.717) is 34.5 Å². The summed E-state index contributed by atoms with van der Waals surface area (Å²) in [4.78, 5) is 12.3. The van der Waals surface area contributed by atoms with Crippen molar-refractivity contribution in [2.75, 3.05) is 18.5 Å². The lowest BCUT2D eigenvalue weighted by molar-refractivity contribution is -0.138. The van der Waals surface area contributed by atoms with E-state index in [0.717, 1.165) is 11.1 Å². The van der Waals surface area contributed by atoms with Crippen molar-refractivity contribution in [2.45, 2.75) is 19.4 Å². The van der Waals surface area contributed by atoms with E-state index in [-0.39, 0.29) is 31.5 Å². The SMILES string of the molecule is CCc1cc(C#Cc2ccccc2)c(OCCO)c(C(Nc2ccc(C(=N)N)cc2)C(=O)O)c1.Cl. The molecule has 0 aromatic heterocycles. The number of hydrogen-bond donors (Lipinski definition) is 5. The predicted molar refractivity (Wildman–Crippen MR) is 140 cm³/mol.